The first-order chi connectivity index (χ1) is 13.0. The van der Waals surface area contributed by atoms with Crippen molar-refractivity contribution >= 4 is 17.6 Å². The van der Waals surface area contributed by atoms with E-state index in [4.69, 9.17) is 9.84 Å². The zero-order valence-electron chi connectivity index (χ0n) is 15.5. The predicted octanol–water partition coefficient (Wildman–Crippen LogP) is 3.70. The molecule has 142 valence electrons. The van der Waals surface area contributed by atoms with Crippen LogP contribution in [0.4, 0.5) is 5.69 Å². The molecule has 0 aliphatic carbocycles. The summed E-state index contributed by atoms with van der Waals surface area (Å²) < 4.78 is 5.50. The number of carboxylic acids is 1. The Labute approximate surface area is 159 Å². The molecule has 0 atom stereocenters. The molecule has 0 spiro atoms. The lowest BCUT2D eigenvalue weighted by molar-refractivity contribution is -0.137. The van der Waals surface area contributed by atoms with E-state index < -0.39 is 11.4 Å². The fraction of sp³-hybridized carbons (Fsp3) is 0.364. The number of anilines is 1. The third-order valence-corrected chi connectivity index (χ3v) is 5.22. The Kier molecular flexibility index (Phi) is 5.91. The van der Waals surface area contributed by atoms with Crippen molar-refractivity contribution in [2.24, 2.45) is 0 Å². The van der Waals surface area contributed by atoms with Crippen molar-refractivity contribution in [2.75, 3.05) is 18.5 Å². The van der Waals surface area contributed by atoms with Gasteiger partial charge in [-0.2, -0.15) is 0 Å². The van der Waals surface area contributed by atoms with Crippen molar-refractivity contribution < 1.29 is 19.4 Å². The first kappa shape index (κ1) is 19.1. The third kappa shape index (κ3) is 4.55. The van der Waals surface area contributed by atoms with Crippen molar-refractivity contribution in [3.8, 4) is 0 Å². The van der Waals surface area contributed by atoms with Crippen molar-refractivity contribution in [2.45, 2.75) is 38.0 Å². The van der Waals surface area contributed by atoms with Gasteiger partial charge >= 0.3 is 5.97 Å². The number of nitrogens with one attached hydrogen (secondary N) is 1. The van der Waals surface area contributed by atoms with Gasteiger partial charge in [-0.15, -0.1) is 0 Å². The van der Waals surface area contributed by atoms with Crippen LogP contribution in [0, 0.1) is 6.92 Å². The topological polar surface area (TPSA) is 75.6 Å². The van der Waals surface area contributed by atoms with Gasteiger partial charge in [0.05, 0.1) is 5.41 Å². The fourth-order valence-corrected chi connectivity index (χ4v) is 3.50. The molecule has 1 saturated heterocycles. The summed E-state index contributed by atoms with van der Waals surface area (Å²) in [6, 6.07) is 15.5. The number of amides is 1. The number of benzene rings is 2. The van der Waals surface area contributed by atoms with Crippen LogP contribution in [0.15, 0.2) is 48.5 Å². The number of aliphatic carboxylic acids is 1. The van der Waals surface area contributed by atoms with E-state index in [9.17, 15) is 9.59 Å². The van der Waals surface area contributed by atoms with Crippen LogP contribution >= 0.6 is 0 Å². The molecular formula is C22H25NO4. The Hall–Kier alpha value is -2.66. The molecule has 0 unspecified atom stereocenters. The largest absolute Gasteiger partial charge is 0.481 e. The van der Waals surface area contributed by atoms with Gasteiger partial charge in [-0.3, -0.25) is 9.59 Å². The number of carboxylic acid groups (broad SMARTS) is 1. The van der Waals surface area contributed by atoms with Gasteiger partial charge in [-0.1, -0.05) is 42.0 Å². The molecule has 0 bridgehead atoms. The Morgan fingerprint density at radius 1 is 1.04 bits per heavy atom. The molecule has 1 fully saturated rings. The van der Waals surface area contributed by atoms with Crippen LogP contribution in [0.1, 0.15) is 36.0 Å². The van der Waals surface area contributed by atoms with Crippen molar-refractivity contribution in [3.63, 3.8) is 0 Å². The van der Waals surface area contributed by atoms with Gasteiger partial charge in [0.2, 0.25) is 5.91 Å². The quantitative estimate of drug-likeness (QED) is 0.816. The standard InChI is InChI=1S/C22H25NO4/c1-16-2-7-18(8-3-16)22(12-14-27-15-13-22)21(26)23-19-9-4-17(5-10-19)6-11-20(24)25/h2-5,7-10H,6,11-15H2,1H3,(H,23,26)(H,24,25). The van der Waals surface area contributed by atoms with Crippen molar-refractivity contribution in [3.05, 3.63) is 65.2 Å². The zero-order chi connectivity index (χ0) is 19.3. The van der Waals surface area contributed by atoms with E-state index in [0.29, 0.717) is 32.5 Å². The molecule has 1 aliphatic rings. The second-order valence-corrected chi connectivity index (χ2v) is 7.11. The number of aryl methyl sites for hydroxylation is 2. The summed E-state index contributed by atoms with van der Waals surface area (Å²) in [5.74, 6) is -0.833. The number of rotatable bonds is 6. The average molecular weight is 367 g/mol. The second kappa shape index (κ2) is 8.35. The molecule has 5 nitrogen and oxygen atoms in total. The highest BCUT2D eigenvalue weighted by Gasteiger charge is 2.41. The first-order valence-corrected chi connectivity index (χ1v) is 9.27. The normalized spacial score (nSPS) is 15.9. The smallest absolute Gasteiger partial charge is 0.303 e. The number of ether oxygens (including phenoxy) is 1. The van der Waals surface area contributed by atoms with E-state index in [0.717, 1.165) is 16.8 Å². The molecule has 0 radical (unpaired) electrons. The lowest BCUT2D eigenvalue weighted by Crippen LogP contribution is -2.44. The molecule has 0 saturated carbocycles. The van der Waals surface area contributed by atoms with Crippen LogP contribution in [-0.4, -0.2) is 30.2 Å². The highest BCUT2D eigenvalue weighted by Crippen LogP contribution is 2.36. The van der Waals surface area contributed by atoms with Gasteiger partial charge in [0.1, 0.15) is 0 Å². The summed E-state index contributed by atoms with van der Waals surface area (Å²) >= 11 is 0. The Balaban J connectivity index is 1.77. The van der Waals surface area contributed by atoms with Gasteiger partial charge in [-0.05, 0) is 49.4 Å². The molecule has 2 N–H and O–H groups in total. The predicted molar refractivity (Wildman–Crippen MR) is 104 cm³/mol. The minimum Gasteiger partial charge on any atom is -0.481 e. The minimum atomic E-state index is -0.813. The molecule has 1 aliphatic heterocycles. The van der Waals surface area contributed by atoms with Crippen LogP contribution < -0.4 is 5.32 Å². The maximum atomic E-state index is 13.2. The van der Waals surface area contributed by atoms with E-state index in [1.54, 1.807) is 0 Å². The monoisotopic (exact) mass is 367 g/mol. The van der Waals surface area contributed by atoms with Crippen molar-refractivity contribution in [1.82, 2.24) is 0 Å². The van der Waals surface area contributed by atoms with E-state index in [1.807, 2.05) is 55.5 Å². The number of carbonyl (C=O) groups is 2. The van der Waals surface area contributed by atoms with Crippen LogP contribution in [0.2, 0.25) is 0 Å². The van der Waals surface area contributed by atoms with Gasteiger partial charge in [0.15, 0.2) is 0 Å². The summed E-state index contributed by atoms with van der Waals surface area (Å²) in [5.41, 5.74) is 3.26. The SMILES string of the molecule is Cc1ccc(C2(C(=O)Nc3ccc(CCC(=O)O)cc3)CCOCC2)cc1. The summed E-state index contributed by atoms with van der Waals surface area (Å²) in [4.78, 5) is 23.9. The highest BCUT2D eigenvalue weighted by molar-refractivity contribution is 5.99. The van der Waals surface area contributed by atoms with E-state index in [2.05, 4.69) is 5.32 Å². The first-order valence-electron chi connectivity index (χ1n) is 9.27. The highest BCUT2D eigenvalue weighted by atomic mass is 16.5. The van der Waals surface area contributed by atoms with Crippen molar-refractivity contribution in [1.29, 1.82) is 0 Å². The van der Waals surface area contributed by atoms with Crippen LogP contribution in [-0.2, 0) is 26.2 Å². The van der Waals surface area contributed by atoms with Crippen LogP contribution in [0.25, 0.3) is 0 Å². The molecular weight excluding hydrogens is 342 g/mol. The van der Waals surface area contributed by atoms with E-state index in [-0.39, 0.29) is 12.3 Å². The van der Waals surface area contributed by atoms with Gasteiger partial charge in [0.25, 0.3) is 0 Å². The number of carbonyl (C=O) groups excluding carboxylic acids is 1. The average Bonchev–Trinajstić information content (AvgIpc) is 2.68. The molecule has 5 heteroatoms. The van der Waals surface area contributed by atoms with E-state index >= 15 is 0 Å². The van der Waals surface area contributed by atoms with Gasteiger partial charge < -0.3 is 15.2 Å². The summed E-state index contributed by atoms with van der Waals surface area (Å²) in [7, 11) is 0. The molecule has 1 amide bonds. The zero-order valence-corrected chi connectivity index (χ0v) is 15.5. The molecule has 2 aromatic carbocycles. The van der Waals surface area contributed by atoms with E-state index in [1.165, 1.54) is 5.56 Å². The van der Waals surface area contributed by atoms with Gasteiger partial charge in [-0.25, -0.2) is 0 Å². The molecule has 3 rings (SSSR count). The summed E-state index contributed by atoms with van der Waals surface area (Å²) in [5, 5.41) is 11.8. The molecule has 2 aromatic rings. The lowest BCUT2D eigenvalue weighted by atomic mass is 9.73. The lowest BCUT2D eigenvalue weighted by Gasteiger charge is -2.36. The summed E-state index contributed by atoms with van der Waals surface area (Å²) in [6.45, 7) is 3.16. The number of hydrogen-bond acceptors (Lipinski definition) is 3. The Morgan fingerprint density at radius 2 is 1.67 bits per heavy atom. The molecule has 0 aromatic heterocycles. The minimum absolute atomic E-state index is 0.0204. The van der Waals surface area contributed by atoms with Crippen LogP contribution in [0.5, 0.6) is 0 Å². The summed E-state index contributed by atoms with van der Waals surface area (Å²) in [6.07, 6.45) is 1.88. The molecule has 27 heavy (non-hydrogen) atoms. The Morgan fingerprint density at radius 3 is 2.26 bits per heavy atom. The van der Waals surface area contributed by atoms with Crippen LogP contribution in [0.3, 0.4) is 0 Å². The van der Waals surface area contributed by atoms with Gasteiger partial charge in [0, 0.05) is 25.3 Å². The Bertz CT molecular complexity index is 790. The third-order valence-electron chi connectivity index (χ3n) is 5.22. The number of hydrogen-bond donors (Lipinski definition) is 2. The second-order valence-electron chi connectivity index (χ2n) is 7.11. The maximum Gasteiger partial charge on any atom is 0.303 e. The fourth-order valence-electron chi connectivity index (χ4n) is 3.50. The maximum absolute atomic E-state index is 13.2. The molecule has 1 heterocycles.